The van der Waals surface area contributed by atoms with Crippen LogP contribution < -0.4 is 10.6 Å². The Morgan fingerprint density at radius 2 is 2.00 bits per heavy atom. The van der Waals surface area contributed by atoms with E-state index in [2.05, 4.69) is 11.8 Å². The molecule has 0 saturated carbocycles. The molecule has 1 saturated heterocycles. The molecule has 0 radical (unpaired) electrons. The van der Waals surface area contributed by atoms with Gasteiger partial charge in [0, 0.05) is 24.8 Å². The minimum atomic E-state index is -0.153. The maximum atomic E-state index is 13.7. The Bertz CT molecular complexity index is 435. The van der Waals surface area contributed by atoms with Crippen molar-refractivity contribution in [3.8, 4) is 0 Å². The van der Waals surface area contributed by atoms with Crippen LogP contribution in [0.5, 0.6) is 0 Å². The quantitative estimate of drug-likeness (QED) is 0.900. The van der Waals surface area contributed by atoms with Crippen molar-refractivity contribution < 1.29 is 4.39 Å². The lowest BCUT2D eigenvalue weighted by atomic mass is 9.93. The summed E-state index contributed by atoms with van der Waals surface area (Å²) >= 11 is 0. The number of piperidine rings is 1. The van der Waals surface area contributed by atoms with E-state index in [-0.39, 0.29) is 11.9 Å². The van der Waals surface area contributed by atoms with Crippen molar-refractivity contribution in [3.05, 3.63) is 29.1 Å². The SMILES string of the molecule is CCC1CCN(c2cc(C)c(F)cc2[C@@H](C)N)CC1. The number of aryl methyl sites for hydroxylation is 1. The fraction of sp³-hybridized carbons (Fsp3) is 0.625. The monoisotopic (exact) mass is 264 g/mol. The number of rotatable bonds is 3. The summed E-state index contributed by atoms with van der Waals surface area (Å²) in [4.78, 5) is 2.37. The molecule has 0 amide bonds. The van der Waals surface area contributed by atoms with Crippen LogP contribution in [0.2, 0.25) is 0 Å². The molecule has 1 aromatic rings. The van der Waals surface area contributed by atoms with E-state index >= 15 is 0 Å². The molecule has 1 aromatic carbocycles. The lowest BCUT2D eigenvalue weighted by molar-refractivity contribution is 0.394. The van der Waals surface area contributed by atoms with Crippen LogP contribution >= 0.6 is 0 Å². The molecule has 0 spiro atoms. The Hall–Kier alpha value is -1.09. The number of nitrogens with two attached hydrogens (primary N) is 1. The van der Waals surface area contributed by atoms with E-state index < -0.39 is 0 Å². The van der Waals surface area contributed by atoms with Gasteiger partial charge in [-0.15, -0.1) is 0 Å². The Balaban J connectivity index is 2.26. The van der Waals surface area contributed by atoms with Gasteiger partial charge in [-0.25, -0.2) is 4.39 Å². The molecular formula is C16H25FN2. The van der Waals surface area contributed by atoms with Gasteiger partial charge in [0.05, 0.1) is 0 Å². The number of anilines is 1. The number of hydrogen-bond acceptors (Lipinski definition) is 2. The third kappa shape index (κ3) is 3.08. The van der Waals surface area contributed by atoms with E-state index in [1.54, 1.807) is 6.07 Å². The molecule has 1 fully saturated rings. The molecular weight excluding hydrogens is 239 g/mol. The van der Waals surface area contributed by atoms with Gasteiger partial charge in [-0.05, 0) is 55.9 Å². The van der Waals surface area contributed by atoms with E-state index in [0.717, 1.165) is 30.3 Å². The van der Waals surface area contributed by atoms with Gasteiger partial charge in [-0.2, -0.15) is 0 Å². The van der Waals surface area contributed by atoms with Crippen LogP contribution in [0.15, 0.2) is 12.1 Å². The van der Waals surface area contributed by atoms with Gasteiger partial charge >= 0.3 is 0 Å². The highest BCUT2D eigenvalue weighted by atomic mass is 19.1. The fourth-order valence-corrected chi connectivity index (χ4v) is 2.90. The highest BCUT2D eigenvalue weighted by Crippen LogP contribution is 2.32. The molecule has 0 unspecified atom stereocenters. The van der Waals surface area contributed by atoms with Crippen molar-refractivity contribution in [2.24, 2.45) is 11.7 Å². The Labute approximate surface area is 115 Å². The molecule has 2 rings (SSSR count). The molecule has 0 aliphatic carbocycles. The predicted octanol–water partition coefficient (Wildman–Crippen LogP) is 3.78. The van der Waals surface area contributed by atoms with Crippen molar-refractivity contribution in [2.45, 2.75) is 46.1 Å². The Morgan fingerprint density at radius 3 is 2.53 bits per heavy atom. The van der Waals surface area contributed by atoms with Crippen LogP contribution in [0.1, 0.15) is 50.3 Å². The first-order valence-electron chi connectivity index (χ1n) is 7.33. The van der Waals surface area contributed by atoms with E-state index in [4.69, 9.17) is 5.73 Å². The van der Waals surface area contributed by atoms with Crippen molar-refractivity contribution >= 4 is 5.69 Å². The maximum absolute atomic E-state index is 13.7. The number of hydrogen-bond donors (Lipinski definition) is 1. The Morgan fingerprint density at radius 1 is 1.37 bits per heavy atom. The molecule has 2 nitrogen and oxygen atoms in total. The summed E-state index contributed by atoms with van der Waals surface area (Å²) < 4.78 is 13.7. The van der Waals surface area contributed by atoms with Gasteiger partial charge < -0.3 is 10.6 Å². The smallest absolute Gasteiger partial charge is 0.126 e. The number of benzene rings is 1. The normalized spacial score (nSPS) is 18.7. The second kappa shape index (κ2) is 5.91. The average Bonchev–Trinajstić information content (AvgIpc) is 2.41. The van der Waals surface area contributed by atoms with Gasteiger partial charge in [0.15, 0.2) is 0 Å². The summed E-state index contributed by atoms with van der Waals surface area (Å²) in [6, 6.07) is 3.44. The second-order valence-corrected chi connectivity index (χ2v) is 5.79. The summed E-state index contributed by atoms with van der Waals surface area (Å²) in [7, 11) is 0. The summed E-state index contributed by atoms with van der Waals surface area (Å²) in [5.74, 6) is 0.691. The largest absolute Gasteiger partial charge is 0.371 e. The standard InChI is InChI=1S/C16H25FN2/c1-4-13-5-7-19(8-6-13)16-9-11(2)15(17)10-14(16)12(3)18/h9-10,12-13H,4-8,18H2,1-3H3/t12-/m1/s1. The van der Waals surface area contributed by atoms with Crippen LogP contribution in [0.3, 0.4) is 0 Å². The van der Waals surface area contributed by atoms with Gasteiger partial charge in [0.1, 0.15) is 5.82 Å². The van der Waals surface area contributed by atoms with E-state index in [1.807, 2.05) is 19.9 Å². The highest BCUT2D eigenvalue weighted by Gasteiger charge is 2.21. The molecule has 0 aromatic heterocycles. The first-order valence-corrected chi connectivity index (χ1v) is 7.33. The van der Waals surface area contributed by atoms with Crippen LogP contribution in [-0.4, -0.2) is 13.1 Å². The van der Waals surface area contributed by atoms with Gasteiger partial charge in [0.25, 0.3) is 0 Å². The van der Waals surface area contributed by atoms with E-state index in [1.165, 1.54) is 19.3 Å². The third-order valence-corrected chi connectivity index (χ3v) is 4.33. The first-order chi connectivity index (χ1) is 9.02. The zero-order valence-corrected chi connectivity index (χ0v) is 12.2. The average molecular weight is 264 g/mol. The van der Waals surface area contributed by atoms with Crippen molar-refractivity contribution in [2.75, 3.05) is 18.0 Å². The predicted molar refractivity (Wildman–Crippen MR) is 79.0 cm³/mol. The summed E-state index contributed by atoms with van der Waals surface area (Å²) in [5.41, 5.74) is 8.76. The minimum Gasteiger partial charge on any atom is -0.371 e. The first kappa shape index (κ1) is 14.3. The molecule has 2 N–H and O–H groups in total. The second-order valence-electron chi connectivity index (χ2n) is 5.79. The molecule has 1 atom stereocenters. The lowest BCUT2D eigenvalue weighted by Crippen LogP contribution is -2.34. The van der Waals surface area contributed by atoms with Crippen LogP contribution in [0, 0.1) is 18.7 Å². The fourth-order valence-electron chi connectivity index (χ4n) is 2.90. The topological polar surface area (TPSA) is 29.3 Å². The molecule has 0 bridgehead atoms. The molecule has 1 heterocycles. The Kier molecular flexibility index (Phi) is 4.46. The van der Waals surface area contributed by atoms with Crippen molar-refractivity contribution in [1.29, 1.82) is 0 Å². The van der Waals surface area contributed by atoms with Crippen molar-refractivity contribution in [1.82, 2.24) is 0 Å². The molecule has 19 heavy (non-hydrogen) atoms. The third-order valence-electron chi connectivity index (χ3n) is 4.33. The van der Waals surface area contributed by atoms with Gasteiger partial charge in [-0.1, -0.05) is 13.3 Å². The zero-order valence-electron chi connectivity index (χ0n) is 12.2. The van der Waals surface area contributed by atoms with Crippen LogP contribution in [0.25, 0.3) is 0 Å². The molecule has 106 valence electrons. The number of halogens is 1. The lowest BCUT2D eigenvalue weighted by Gasteiger charge is -2.35. The van der Waals surface area contributed by atoms with Crippen molar-refractivity contribution in [3.63, 3.8) is 0 Å². The molecule has 1 aliphatic heterocycles. The van der Waals surface area contributed by atoms with Gasteiger partial charge in [0.2, 0.25) is 0 Å². The summed E-state index contributed by atoms with van der Waals surface area (Å²) in [5, 5.41) is 0. The van der Waals surface area contributed by atoms with Gasteiger partial charge in [-0.3, -0.25) is 0 Å². The van der Waals surface area contributed by atoms with E-state index in [9.17, 15) is 4.39 Å². The summed E-state index contributed by atoms with van der Waals surface area (Å²) in [6.07, 6.45) is 3.72. The molecule has 3 heteroatoms. The maximum Gasteiger partial charge on any atom is 0.126 e. The minimum absolute atomic E-state index is 0.131. The highest BCUT2D eigenvalue weighted by molar-refractivity contribution is 5.57. The van der Waals surface area contributed by atoms with E-state index in [0.29, 0.717) is 5.56 Å². The zero-order chi connectivity index (χ0) is 14.0. The number of nitrogens with zero attached hydrogens (tertiary/aromatic N) is 1. The van der Waals surface area contributed by atoms with Crippen LogP contribution in [0.4, 0.5) is 10.1 Å². The van der Waals surface area contributed by atoms with Crippen LogP contribution in [-0.2, 0) is 0 Å². The molecule has 1 aliphatic rings. The summed E-state index contributed by atoms with van der Waals surface area (Å²) in [6.45, 7) is 8.12.